The predicted octanol–water partition coefficient (Wildman–Crippen LogP) is 6.04. The van der Waals surface area contributed by atoms with Crippen LogP contribution in [0.15, 0.2) is 48.9 Å². The first kappa shape index (κ1) is 32.3. The fraction of sp³-hybridized carbons (Fsp3) is 0.514. The highest BCUT2D eigenvalue weighted by atomic mass is 28.3. The fourth-order valence-electron chi connectivity index (χ4n) is 6.68. The van der Waals surface area contributed by atoms with Crippen molar-refractivity contribution in [3.05, 3.63) is 60.2 Å². The van der Waals surface area contributed by atoms with E-state index < -0.39 is 19.9 Å². The van der Waals surface area contributed by atoms with Crippen molar-refractivity contribution in [3.8, 4) is 0 Å². The average molecular weight is 642 g/mol. The highest BCUT2D eigenvalue weighted by Crippen LogP contribution is 2.35. The Balaban J connectivity index is 1.20. The van der Waals surface area contributed by atoms with Crippen molar-refractivity contribution in [2.75, 3.05) is 38.6 Å². The molecule has 1 aromatic carbocycles. The first-order valence-corrected chi connectivity index (χ1v) is 20.3. The van der Waals surface area contributed by atoms with Gasteiger partial charge in [0, 0.05) is 49.8 Å². The molecule has 2 aliphatic rings. The molecule has 46 heavy (non-hydrogen) atoms. The monoisotopic (exact) mass is 641 g/mol. The van der Waals surface area contributed by atoms with Crippen LogP contribution in [0.25, 0.3) is 21.8 Å². The number of hydrogen-bond donors (Lipinski definition) is 1. The van der Waals surface area contributed by atoms with Gasteiger partial charge in [0.1, 0.15) is 6.73 Å². The minimum atomic E-state index is -1.22. The number of amides is 2. The highest BCUT2D eigenvalue weighted by molar-refractivity contribution is 6.76. The summed E-state index contributed by atoms with van der Waals surface area (Å²) in [4.78, 5) is 41.0. The van der Waals surface area contributed by atoms with Crippen LogP contribution in [-0.4, -0.2) is 82.7 Å². The summed E-state index contributed by atoms with van der Waals surface area (Å²) in [6.45, 7) is 12.7. The first-order valence-electron chi connectivity index (χ1n) is 16.6. The number of anilines is 1. The predicted molar refractivity (Wildman–Crippen MR) is 184 cm³/mol. The molecule has 1 N–H and O–H groups in total. The molecule has 11 heteroatoms. The number of carbonyl (C=O) groups excluding carboxylic acids is 2. The second-order valence-corrected chi connectivity index (χ2v) is 20.1. The van der Waals surface area contributed by atoms with E-state index in [1.165, 1.54) is 0 Å². The molecule has 2 fully saturated rings. The van der Waals surface area contributed by atoms with Crippen molar-refractivity contribution in [1.29, 1.82) is 0 Å². The average Bonchev–Trinajstić information content (AvgIpc) is 3.46. The Morgan fingerprint density at radius 1 is 1.00 bits per heavy atom. The van der Waals surface area contributed by atoms with Crippen molar-refractivity contribution in [3.63, 3.8) is 0 Å². The van der Waals surface area contributed by atoms with Crippen molar-refractivity contribution in [2.45, 2.75) is 77.0 Å². The molecule has 3 aromatic heterocycles. The van der Waals surface area contributed by atoms with Gasteiger partial charge in [0.25, 0.3) is 0 Å². The maximum absolute atomic E-state index is 13.9. The van der Waals surface area contributed by atoms with Crippen LogP contribution in [0.4, 0.5) is 5.69 Å². The minimum absolute atomic E-state index is 0.202. The summed E-state index contributed by atoms with van der Waals surface area (Å²) in [5, 5.41) is 9.19. The van der Waals surface area contributed by atoms with E-state index in [2.05, 4.69) is 84.2 Å². The summed E-state index contributed by atoms with van der Waals surface area (Å²) in [7, 11) is 0.949. The third kappa shape index (κ3) is 7.32. The van der Waals surface area contributed by atoms with Crippen LogP contribution in [0.5, 0.6) is 0 Å². The molecular weight excluding hydrogens is 595 g/mol. The van der Waals surface area contributed by atoms with Crippen molar-refractivity contribution < 1.29 is 14.3 Å². The van der Waals surface area contributed by atoms with Gasteiger partial charge in [-0.05, 0) is 75.5 Å². The van der Waals surface area contributed by atoms with Gasteiger partial charge in [0.15, 0.2) is 0 Å². The second-order valence-electron chi connectivity index (χ2n) is 14.5. The lowest BCUT2D eigenvalue weighted by Gasteiger charge is -2.38. The minimum Gasteiger partial charge on any atom is -0.360 e. The van der Waals surface area contributed by atoms with Gasteiger partial charge in [-0.3, -0.25) is 19.6 Å². The number of likely N-dealkylation sites (tertiary alicyclic amines) is 2. The molecule has 10 nitrogen and oxygen atoms in total. The summed E-state index contributed by atoms with van der Waals surface area (Å²) in [5.41, 5.74) is 4.24. The number of pyridine rings is 2. The number of aromatic nitrogens is 4. The topological polar surface area (TPSA) is 105 Å². The summed E-state index contributed by atoms with van der Waals surface area (Å²) in [6, 6.07) is 11.5. The van der Waals surface area contributed by atoms with Gasteiger partial charge >= 0.3 is 11.8 Å². The van der Waals surface area contributed by atoms with Gasteiger partial charge in [0.05, 0.1) is 35.2 Å². The number of nitrogens with one attached hydrogen (secondary N) is 1. The normalized spacial score (nSPS) is 20.0. The van der Waals surface area contributed by atoms with Gasteiger partial charge in [-0.2, -0.15) is 5.10 Å². The number of hydrogen-bond acceptors (Lipinski definition) is 7. The second kappa shape index (κ2) is 13.6. The molecule has 0 radical (unpaired) electrons. The molecule has 0 unspecified atom stereocenters. The standard InChI is InChI=1S/C35H47N7O3Si/c1-24-6-11-32(27-8-7-25-9-10-29(38-30(25)18-27)26-12-14-40(2)15-13-26)41(22-24)35(44)34(43)39-31-21-36-19-28-20-37-42(33(28)31)23-45-16-17-46(3,4)5/h7-10,18-21,24,26,32H,6,11-17,22-23H2,1-5H3,(H,39,43)/t24-,32+/m0/s1. The third-order valence-corrected chi connectivity index (χ3v) is 11.2. The maximum Gasteiger partial charge on any atom is 0.314 e. The Hall–Kier alpha value is -3.67. The quantitative estimate of drug-likeness (QED) is 0.142. The van der Waals surface area contributed by atoms with E-state index in [9.17, 15) is 9.59 Å². The maximum atomic E-state index is 13.9. The summed E-state index contributed by atoms with van der Waals surface area (Å²) in [5.74, 6) is -0.459. The summed E-state index contributed by atoms with van der Waals surface area (Å²) in [6.07, 6.45) is 8.98. The Morgan fingerprint density at radius 2 is 1.78 bits per heavy atom. The molecule has 0 aliphatic carbocycles. The lowest BCUT2D eigenvalue weighted by molar-refractivity contribution is -0.146. The van der Waals surface area contributed by atoms with Crippen molar-refractivity contribution >= 4 is 47.4 Å². The molecule has 2 aliphatic heterocycles. The van der Waals surface area contributed by atoms with Crippen LogP contribution in [-0.2, 0) is 21.1 Å². The number of rotatable bonds is 8. The van der Waals surface area contributed by atoms with Gasteiger partial charge < -0.3 is 19.9 Å². The SMILES string of the molecule is C[C@H]1CC[C@H](c2ccc3ccc(C4CCN(C)CC4)nc3c2)N(C(=O)C(=O)Nc2cncc3cnn(COCC[Si](C)(C)C)c23)C1. The molecule has 244 valence electrons. The van der Waals surface area contributed by atoms with Crippen LogP contribution in [0.1, 0.15) is 55.8 Å². The largest absolute Gasteiger partial charge is 0.360 e. The number of fused-ring (bicyclic) bond motifs is 2. The molecule has 4 aromatic rings. The van der Waals surface area contributed by atoms with Gasteiger partial charge in [0.2, 0.25) is 0 Å². The van der Waals surface area contributed by atoms with E-state index >= 15 is 0 Å². The summed E-state index contributed by atoms with van der Waals surface area (Å²) < 4.78 is 7.65. The Bertz CT molecular complexity index is 1710. The van der Waals surface area contributed by atoms with Crippen molar-refractivity contribution in [2.24, 2.45) is 5.92 Å². The molecule has 2 saturated heterocycles. The van der Waals surface area contributed by atoms with E-state index in [1.54, 1.807) is 28.2 Å². The van der Waals surface area contributed by atoms with E-state index in [0.29, 0.717) is 36.2 Å². The molecule has 6 rings (SSSR count). The van der Waals surface area contributed by atoms with Crippen LogP contribution < -0.4 is 5.32 Å². The number of carbonyl (C=O) groups is 2. The van der Waals surface area contributed by atoms with E-state index in [1.807, 2.05) is 0 Å². The van der Waals surface area contributed by atoms with E-state index in [-0.39, 0.29) is 12.8 Å². The fourth-order valence-corrected chi connectivity index (χ4v) is 7.44. The van der Waals surface area contributed by atoms with Gasteiger partial charge in [-0.1, -0.05) is 44.8 Å². The van der Waals surface area contributed by atoms with Crippen LogP contribution >= 0.6 is 0 Å². The molecule has 5 heterocycles. The van der Waals surface area contributed by atoms with Crippen molar-refractivity contribution in [1.82, 2.24) is 29.5 Å². The Kier molecular flexibility index (Phi) is 9.53. The lowest BCUT2D eigenvalue weighted by atomic mass is 9.89. The molecule has 0 spiro atoms. The molecule has 0 saturated carbocycles. The van der Waals surface area contributed by atoms with Gasteiger partial charge in [-0.15, -0.1) is 0 Å². The number of piperidine rings is 2. The zero-order chi connectivity index (χ0) is 32.4. The van der Waals surface area contributed by atoms with Gasteiger partial charge in [-0.25, -0.2) is 4.68 Å². The van der Waals surface area contributed by atoms with E-state index in [0.717, 1.165) is 72.4 Å². The zero-order valence-electron chi connectivity index (χ0n) is 27.8. The van der Waals surface area contributed by atoms with Crippen LogP contribution in [0, 0.1) is 5.92 Å². The zero-order valence-corrected chi connectivity index (χ0v) is 28.8. The summed E-state index contributed by atoms with van der Waals surface area (Å²) >= 11 is 0. The lowest BCUT2D eigenvalue weighted by Crippen LogP contribution is -2.46. The number of nitrogens with zero attached hydrogens (tertiary/aromatic N) is 6. The number of benzene rings is 1. The van der Waals surface area contributed by atoms with Crippen LogP contribution in [0.2, 0.25) is 25.7 Å². The Labute approximate surface area is 272 Å². The Morgan fingerprint density at radius 3 is 2.57 bits per heavy atom. The highest BCUT2D eigenvalue weighted by Gasteiger charge is 2.35. The number of ether oxygens (including phenoxy) is 1. The van der Waals surface area contributed by atoms with E-state index in [4.69, 9.17) is 9.72 Å². The first-order chi connectivity index (χ1) is 22.1. The smallest absolute Gasteiger partial charge is 0.314 e. The molecule has 2 atom stereocenters. The molecular formula is C35H47N7O3Si. The third-order valence-electron chi connectivity index (χ3n) is 9.53. The molecule has 0 bridgehead atoms. The molecule has 2 amide bonds. The van der Waals surface area contributed by atoms with Crippen LogP contribution in [0.3, 0.4) is 0 Å².